The Labute approximate surface area is 121 Å². The third-order valence-corrected chi connectivity index (χ3v) is 3.42. The Balaban J connectivity index is 2.21. The van der Waals surface area contributed by atoms with Gasteiger partial charge in [0.05, 0.1) is 11.9 Å². The summed E-state index contributed by atoms with van der Waals surface area (Å²) in [4.78, 5) is 6.40. The molecule has 105 valence electrons. The first kappa shape index (κ1) is 14.5. The molecule has 0 saturated heterocycles. The molecule has 2 aromatic rings. The van der Waals surface area contributed by atoms with Crippen LogP contribution in [0.4, 0.5) is 0 Å². The second-order valence-corrected chi connectivity index (χ2v) is 5.16. The molecule has 0 atom stereocenters. The Morgan fingerprint density at radius 3 is 2.60 bits per heavy atom. The highest BCUT2D eigenvalue weighted by atomic mass is 16.5. The van der Waals surface area contributed by atoms with Gasteiger partial charge in [-0.05, 0) is 63.3 Å². The van der Waals surface area contributed by atoms with Crippen LogP contribution in [-0.2, 0) is 0 Å². The molecule has 0 fully saturated rings. The van der Waals surface area contributed by atoms with Gasteiger partial charge in [-0.25, -0.2) is 4.98 Å². The summed E-state index contributed by atoms with van der Waals surface area (Å²) in [6, 6.07) is 9.87. The summed E-state index contributed by atoms with van der Waals surface area (Å²) in [7, 11) is 4.09. The van der Waals surface area contributed by atoms with Crippen LogP contribution in [-0.4, -0.2) is 37.1 Å². The topological polar surface area (TPSA) is 25.4 Å². The first-order chi connectivity index (χ1) is 9.59. The summed E-state index contributed by atoms with van der Waals surface area (Å²) < 4.78 is 5.85. The summed E-state index contributed by atoms with van der Waals surface area (Å²) in [5, 5.41) is 0. The molecule has 1 aromatic heterocycles. The Bertz CT molecular complexity index is 565. The fourth-order valence-corrected chi connectivity index (χ4v) is 2.04. The molecule has 0 bridgehead atoms. The number of rotatable bonds is 5. The van der Waals surface area contributed by atoms with E-state index < -0.39 is 0 Å². The van der Waals surface area contributed by atoms with Gasteiger partial charge in [0, 0.05) is 12.1 Å². The number of pyridine rings is 1. The fourth-order valence-electron chi connectivity index (χ4n) is 2.04. The van der Waals surface area contributed by atoms with Crippen molar-refractivity contribution in [1.29, 1.82) is 0 Å². The van der Waals surface area contributed by atoms with E-state index in [0.29, 0.717) is 6.61 Å². The highest BCUT2D eigenvalue weighted by Crippen LogP contribution is 2.29. The molecule has 0 saturated carbocycles. The van der Waals surface area contributed by atoms with E-state index in [1.165, 1.54) is 11.1 Å². The molecule has 2 rings (SSSR count). The van der Waals surface area contributed by atoms with Crippen molar-refractivity contribution < 1.29 is 4.74 Å². The Morgan fingerprint density at radius 2 is 1.95 bits per heavy atom. The lowest BCUT2D eigenvalue weighted by Gasteiger charge is -2.15. The summed E-state index contributed by atoms with van der Waals surface area (Å²) in [6.07, 6.45) is 2.88. The van der Waals surface area contributed by atoms with Gasteiger partial charge in [-0.3, -0.25) is 0 Å². The van der Waals surface area contributed by atoms with E-state index in [2.05, 4.69) is 36.0 Å². The molecule has 0 N–H and O–H groups in total. The van der Waals surface area contributed by atoms with Crippen LogP contribution in [0.2, 0.25) is 0 Å². The van der Waals surface area contributed by atoms with E-state index >= 15 is 0 Å². The second-order valence-electron chi connectivity index (χ2n) is 5.16. The molecule has 0 spiro atoms. The predicted molar refractivity (Wildman–Crippen MR) is 82.0 cm³/mol. The lowest BCUT2D eigenvalue weighted by molar-refractivity contribution is 0.260. The Kier molecular flexibility index (Phi) is 4.74. The van der Waals surface area contributed by atoms with E-state index in [1.807, 2.05) is 38.4 Å². The molecule has 3 nitrogen and oxygen atoms in total. The van der Waals surface area contributed by atoms with Crippen molar-refractivity contribution in [1.82, 2.24) is 9.88 Å². The lowest BCUT2D eigenvalue weighted by atomic mass is 9.99. The maximum Gasteiger partial charge on any atom is 0.122 e. The summed E-state index contributed by atoms with van der Waals surface area (Å²) >= 11 is 0. The monoisotopic (exact) mass is 269 g/mol. The fraction of sp³-hybridized carbons (Fsp3) is 0.353. The maximum atomic E-state index is 5.85. The normalized spacial score (nSPS) is 10.8. The van der Waals surface area contributed by atoms with Gasteiger partial charge in [-0.2, -0.15) is 0 Å². The zero-order chi connectivity index (χ0) is 14.5. The minimum Gasteiger partial charge on any atom is -0.492 e. The molecule has 20 heavy (non-hydrogen) atoms. The van der Waals surface area contributed by atoms with Crippen LogP contribution in [0, 0.1) is 20.0 Å². The predicted octanol–water partition coefficient (Wildman–Crippen LogP) is 3.11. The number of likely N-dealkylation sites (N-methyl/N-ethyl adjacent to an activating group) is 1. The zero-order valence-electron chi connectivity index (χ0n) is 12.6. The van der Waals surface area contributed by atoms with E-state index in [9.17, 15) is 0 Å². The van der Waals surface area contributed by atoms with Crippen LogP contribution in [0.1, 0.15) is 11.1 Å². The van der Waals surface area contributed by atoms with Crippen LogP contribution >= 0.6 is 0 Å². The van der Waals surface area contributed by atoms with Crippen molar-refractivity contribution in [3.05, 3.63) is 47.7 Å². The third kappa shape index (κ3) is 3.36. The quantitative estimate of drug-likeness (QED) is 0.834. The Morgan fingerprint density at radius 1 is 1.15 bits per heavy atom. The zero-order valence-corrected chi connectivity index (χ0v) is 12.6. The highest BCUT2D eigenvalue weighted by molar-refractivity contribution is 5.66. The Hall–Kier alpha value is -1.87. The van der Waals surface area contributed by atoms with Crippen molar-refractivity contribution in [3.8, 4) is 17.0 Å². The van der Waals surface area contributed by atoms with Gasteiger partial charge in [-0.15, -0.1) is 0 Å². The first-order valence-electron chi connectivity index (χ1n) is 6.81. The first-order valence-corrected chi connectivity index (χ1v) is 6.81. The molecular weight excluding hydrogens is 248 g/mol. The largest absolute Gasteiger partial charge is 0.492 e. The number of benzene rings is 1. The van der Waals surface area contributed by atoms with Gasteiger partial charge in [0.25, 0.3) is 0 Å². The van der Waals surface area contributed by atoms with Crippen LogP contribution in [0.3, 0.4) is 0 Å². The van der Waals surface area contributed by atoms with Gasteiger partial charge in [0.1, 0.15) is 12.4 Å². The average Bonchev–Trinajstić information content (AvgIpc) is 2.44. The van der Waals surface area contributed by atoms with Crippen LogP contribution in [0.25, 0.3) is 11.3 Å². The number of hydrogen-bond donors (Lipinski definition) is 0. The summed E-state index contributed by atoms with van der Waals surface area (Å²) in [5.41, 5.74) is 4.47. The molecule has 0 unspecified atom stereocenters. The van der Waals surface area contributed by atoms with E-state index in [0.717, 1.165) is 23.6 Å². The minimum absolute atomic E-state index is 0.698. The van der Waals surface area contributed by atoms with E-state index in [-0.39, 0.29) is 0 Å². The minimum atomic E-state index is 0.698. The molecule has 0 aliphatic carbocycles. The molecule has 0 amide bonds. The van der Waals surface area contributed by atoms with Crippen molar-refractivity contribution in [2.75, 3.05) is 27.2 Å². The molecule has 1 aromatic carbocycles. The number of aromatic nitrogens is 1. The van der Waals surface area contributed by atoms with Crippen LogP contribution in [0.15, 0.2) is 30.3 Å². The van der Waals surface area contributed by atoms with Gasteiger partial charge in [0.2, 0.25) is 0 Å². The van der Waals surface area contributed by atoms with Crippen LogP contribution < -0.4 is 4.74 Å². The standard InChI is InChI=1S/C17H21N2O/c1-13-14(2)17(20-12-11-19(3)4)9-8-15(13)16-7-5-6-10-18-16/h5-9H,11-12H2,1-4H3. The second kappa shape index (κ2) is 6.53. The summed E-state index contributed by atoms with van der Waals surface area (Å²) in [5.74, 6) is 0.952. The van der Waals surface area contributed by atoms with Crippen molar-refractivity contribution in [3.63, 3.8) is 0 Å². The van der Waals surface area contributed by atoms with Gasteiger partial charge in [0.15, 0.2) is 0 Å². The molecule has 0 aliphatic rings. The van der Waals surface area contributed by atoms with Gasteiger partial charge in [-0.1, -0.05) is 6.07 Å². The molecular formula is C17H21N2O. The molecule has 3 heteroatoms. The summed E-state index contributed by atoms with van der Waals surface area (Å²) in [6.45, 7) is 5.81. The van der Waals surface area contributed by atoms with Gasteiger partial charge < -0.3 is 9.64 Å². The smallest absolute Gasteiger partial charge is 0.122 e. The highest BCUT2D eigenvalue weighted by Gasteiger charge is 2.09. The number of ether oxygens (including phenoxy) is 1. The third-order valence-electron chi connectivity index (χ3n) is 3.42. The number of hydrogen-bond acceptors (Lipinski definition) is 3. The van der Waals surface area contributed by atoms with E-state index in [4.69, 9.17) is 4.74 Å². The number of nitrogens with zero attached hydrogens (tertiary/aromatic N) is 2. The SMILES string of the molecule is Cc1c(OCCN(C)C)ccc(-c2ccc[c]n2)c1C. The van der Waals surface area contributed by atoms with Crippen molar-refractivity contribution in [2.45, 2.75) is 13.8 Å². The lowest BCUT2D eigenvalue weighted by Crippen LogP contribution is -2.19. The molecule has 1 radical (unpaired) electrons. The maximum absolute atomic E-state index is 5.85. The van der Waals surface area contributed by atoms with Crippen LogP contribution in [0.5, 0.6) is 5.75 Å². The average molecular weight is 269 g/mol. The molecule has 0 aliphatic heterocycles. The van der Waals surface area contributed by atoms with Gasteiger partial charge >= 0.3 is 0 Å². The van der Waals surface area contributed by atoms with Crippen molar-refractivity contribution in [2.24, 2.45) is 0 Å². The van der Waals surface area contributed by atoms with E-state index in [1.54, 1.807) is 0 Å². The van der Waals surface area contributed by atoms with Crippen molar-refractivity contribution >= 4 is 0 Å². The molecule has 1 heterocycles.